The molecule has 0 saturated heterocycles. The number of hydrogen-bond acceptors (Lipinski definition) is 5. The van der Waals surface area contributed by atoms with E-state index in [0.29, 0.717) is 41.0 Å². The summed E-state index contributed by atoms with van der Waals surface area (Å²) in [4.78, 5) is 13.0. The Kier molecular flexibility index (Phi) is 6.25. The number of nitrogens with one attached hydrogen (secondary N) is 1. The molecule has 1 aliphatic rings. The maximum atomic E-state index is 13.5. The molecule has 0 radical (unpaired) electrons. The van der Waals surface area contributed by atoms with Crippen molar-refractivity contribution in [1.82, 2.24) is 0 Å². The molecule has 1 N–H and O–H groups in total. The van der Waals surface area contributed by atoms with Crippen LogP contribution in [-0.4, -0.2) is 34.1 Å². The van der Waals surface area contributed by atoms with Crippen molar-refractivity contribution in [2.75, 3.05) is 29.4 Å². The number of carbonyl (C=O) groups is 1. The number of amides is 1. The van der Waals surface area contributed by atoms with E-state index < -0.39 is 22.5 Å². The molecule has 7 nitrogen and oxygen atoms in total. The predicted octanol–water partition coefficient (Wildman–Crippen LogP) is 4.25. The Morgan fingerprint density at radius 2 is 1.72 bits per heavy atom. The molecule has 4 rings (SSSR count). The third kappa shape index (κ3) is 4.51. The molecule has 1 aliphatic heterocycles. The van der Waals surface area contributed by atoms with Crippen molar-refractivity contribution in [3.8, 4) is 11.5 Å². The summed E-state index contributed by atoms with van der Waals surface area (Å²) in [5.41, 5.74) is 1.50. The van der Waals surface area contributed by atoms with Crippen molar-refractivity contribution in [2.24, 2.45) is 0 Å². The van der Waals surface area contributed by atoms with Crippen molar-refractivity contribution in [3.63, 3.8) is 0 Å². The minimum absolute atomic E-state index is 0.0709. The van der Waals surface area contributed by atoms with Crippen LogP contribution in [0.15, 0.2) is 71.6 Å². The van der Waals surface area contributed by atoms with E-state index in [0.717, 1.165) is 4.31 Å². The number of nitrogens with zero attached hydrogens (tertiary/aromatic N) is 1. The van der Waals surface area contributed by atoms with Gasteiger partial charge in [-0.05, 0) is 48.9 Å². The first-order valence-electron chi connectivity index (χ1n) is 9.88. The largest absolute Gasteiger partial charge is 0.486 e. The van der Waals surface area contributed by atoms with Gasteiger partial charge in [0.15, 0.2) is 11.5 Å². The van der Waals surface area contributed by atoms with Crippen LogP contribution in [0.2, 0.25) is 5.02 Å². The normalized spacial score (nSPS) is 12.8. The van der Waals surface area contributed by atoms with Crippen LogP contribution < -0.4 is 19.1 Å². The Morgan fingerprint density at radius 3 is 2.47 bits per heavy atom. The summed E-state index contributed by atoms with van der Waals surface area (Å²) in [6.45, 7) is 2.11. The van der Waals surface area contributed by atoms with Gasteiger partial charge in [0, 0.05) is 16.8 Å². The molecule has 0 atom stereocenters. The molecular formula is C23H21ClN2O5S. The highest BCUT2D eigenvalue weighted by Crippen LogP contribution is 2.35. The minimum Gasteiger partial charge on any atom is -0.486 e. The zero-order valence-corrected chi connectivity index (χ0v) is 18.8. The fourth-order valence-corrected chi connectivity index (χ4v) is 4.89. The van der Waals surface area contributed by atoms with Crippen LogP contribution >= 0.6 is 11.6 Å². The lowest BCUT2D eigenvalue weighted by Crippen LogP contribution is -2.38. The fourth-order valence-electron chi connectivity index (χ4n) is 3.28. The standard InChI is InChI=1S/C23H21ClN2O5S/c1-16-19(24)8-5-9-20(16)25-23(27)15-26(32(28,29)18-6-3-2-4-7-18)17-10-11-21-22(14-17)31-13-12-30-21/h2-11,14H,12-13,15H2,1H3,(H,25,27). The third-order valence-electron chi connectivity index (χ3n) is 4.97. The molecule has 0 aromatic heterocycles. The molecule has 3 aromatic rings. The second kappa shape index (κ2) is 9.10. The summed E-state index contributed by atoms with van der Waals surface area (Å²) in [6.07, 6.45) is 0. The molecule has 0 aliphatic carbocycles. The van der Waals surface area contributed by atoms with E-state index in [2.05, 4.69) is 5.32 Å². The summed E-state index contributed by atoms with van der Waals surface area (Å²) >= 11 is 6.14. The van der Waals surface area contributed by atoms with Crippen LogP contribution in [0.5, 0.6) is 11.5 Å². The molecule has 1 amide bonds. The summed E-state index contributed by atoms with van der Waals surface area (Å²) in [5.74, 6) is 0.439. The number of hydrogen-bond donors (Lipinski definition) is 1. The van der Waals surface area contributed by atoms with Crippen LogP contribution in [0, 0.1) is 6.92 Å². The smallest absolute Gasteiger partial charge is 0.264 e. The number of anilines is 2. The van der Waals surface area contributed by atoms with Gasteiger partial charge < -0.3 is 14.8 Å². The second-order valence-corrected chi connectivity index (χ2v) is 9.38. The molecule has 0 fully saturated rings. The van der Waals surface area contributed by atoms with Gasteiger partial charge in [-0.15, -0.1) is 0 Å². The van der Waals surface area contributed by atoms with Gasteiger partial charge in [-0.3, -0.25) is 9.10 Å². The lowest BCUT2D eigenvalue weighted by molar-refractivity contribution is -0.114. The molecule has 9 heteroatoms. The predicted molar refractivity (Wildman–Crippen MR) is 123 cm³/mol. The fraction of sp³-hybridized carbons (Fsp3) is 0.174. The van der Waals surface area contributed by atoms with Gasteiger partial charge in [0.25, 0.3) is 10.0 Å². The van der Waals surface area contributed by atoms with Gasteiger partial charge in [0.05, 0.1) is 10.6 Å². The first-order chi connectivity index (χ1) is 15.4. The summed E-state index contributed by atoms with van der Waals surface area (Å²) in [7, 11) is -4.04. The van der Waals surface area contributed by atoms with E-state index in [4.69, 9.17) is 21.1 Å². The third-order valence-corrected chi connectivity index (χ3v) is 7.17. The quantitative estimate of drug-likeness (QED) is 0.579. The zero-order valence-electron chi connectivity index (χ0n) is 17.2. The Bertz CT molecular complexity index is 1250. The van der Waals surface area contributed by atoms with E-state index in [1.54, 1.807) is 61.5 Å². The zero-order chi connectivity index (χ0) is 22.7. The molecule has 1 heterocycles. The molecule has 166 valence electrons. The monoisotopic (exact) mass is 472 g/mol. The number of sulfonamides is 1. The molecule has 3 aromatic carbocycles. The first-order valence-corrected chi connectivity index (χ1v) is 11.7. The Labute approximate surface area is 191 Å². The van der Waals surface area contributed by atoms with Gasteiger partial charge in [-0.25, -0.2) is 8.42 Å². The van der Waals surface area contributed by atoms with Gasteiger partial charge in [0.2, 0.25) is 5.91 Å². The lowest BCUT2D eigenvalue weighted by Gasteiger charge is -2.26. The van der Waals surface area contributed by atoms with Crippen molar-refractivity contribution in [3.05, 3.63) is 77.3 Å². The maximum Gasteiger partial charge on any atom is 0.264 e. The van der Waals surface area contributed by atoms with E-state index in [1.165, 1.54) is 12.1 Å². The lowest BCUT2D eigenvalue weighted by atomic mass is 10.2. The second-order valence-electron chi connectivity index (χ2n) is 7.11. The molecule has 0 spiro atoms. The Morgan fingerprint density at radius 1 is 1.00 bits per heavy atom. The number of ether oxygens (including phenoxy) is 2. The molecule has 0 bridgehead atoms. The number of benzene rings is 3. The van der Waals surface area contributed by atoms with E-state index in [-0.39, 0.29) is 10.6 Å². The minimum atomic E-state index is -4.04. The van der Waals surface area contributed by atoms with Gasteiger partial charge in [-0.1, -0.05) is 35.9 Å². The van der Waals surface area contributed by atoms with Crippen molar-refractivity contribution in [1.29, 1.82) is 0 Å². The summed E-state index contributed by atoms with van der Waals surface area (Å²) < 4.78 is 39.1. The van der Waals surface area contributed by atoms with Crippen molar-refractivity contribution >= 4 is 38.9 Å². The number of carbonyl (C=O) groups excluding carboxylic acids is 1. The van der Waals surface area contributed by atoms with Crippen LogP contribution in [-0.2, 0) is 14.8 Å². The van der Waals surface area contributed by atoms with E-state index in [9.17, 15) is 13.2 Å². The Balaban J connectivity index is 1.69. The van der Waals surface area contributed by atoms with Gasteiger partial charge in [-0.2, -0.15) is 0 Å². The van der Waals surface area contributed by atoms with Crippen LogP contribution in [0.3, 0.4) is 0 Å². The summed E-state index contributed by atoms with van der Waals surface area (Å²) in [5, 5.41) is 3.25. The molecule has 0 saturated carbocycles. The number of rotatable bonds is 6. The van der Waals surface area contributed by atoms with E-state index in [1.807, 2.05) is 0 Å². The highest BCUT2D eigenvalue weighted by atomic mass is 35.5. The van der Waals surface area contributed by atoms with E-state index >= 15 is 0 Å². The first kappa shape index (κ1) is 22.0. The van der Waals surface area contributed by atoms with Crippen molar-refractivity contribution < 1.29 is 22.7 Å². The number of fused-ring (bicyclic) bond motifs is 1. The van der Waals surface area contributed by atoms with Gasteiger partial charge in [0.1, 0.15) is 19.8 Å². The highest BCUT2D eigenvalue weighted by Gasteiger charge is 2.28. The highest BCUT2D eigenvalue weighted by molar-refractivity contribution is 7.92. The number of halogens is 1. The van der Waals surface area contributed by atoms with Crippen LogP contribution in [0.1, 0.15) is 5.56 Å². The molecule has 32 heavy (non-hydrogen) atoms. The average molecular weight is 473 g/mol. The van der Waals surface area contributed by atoms with Crippen molar-refractivity contribution in [2.45, 2.75) is 11.8 Å². The topological polar surface area (TPSA) is 84.9 Å². The van der Waals surface area contributed by atoms with Crippen LogP contribution in [0.4, 0.5) is 11.4 Å². The average Bonchev–Trinajstić information content (AvgIpc) is 2.80. The Hall–Kier alpha value is -3.23. The van der Waals surface area contributed by atoms with Gasteiger partial charge >= 0.3 is 0 Å². The SMILES string of the molecule is Cc1c(Cl)cccc1NC(=O)CN(c1ccc2c(c1)OCCO2)S(=O)(=O)c1ccccc1. The molecule has 0 unspecified atom stereocenters. The summed E-state index contributed by atoms with van der Waals surface area (Å²) in [6, 6.07) is 17.9. The van der Waals surface area contributed by atoms with Crippen LogP contribution in [0.25, 0.3) is 0 Å². The molecular weight excluding hydrogens is 452 g/mol. The maximum absolute atomic E-state index is 13.5.